The van der Waals surface area contributed by atoms with Crippen LogP contribution in [0.1, 0.15) is 37.7 Å². The summed E-state index contributed by atoms with van der Waals surface area (Å²) in [5.74, 6) is 0.823. The lowest BCUT2D eigenvalue weighted by molar-refractivity contribution is -0.129. The lowest BCUT2D eigenvalue weighted by Crippen LogP contribution is -2.49. The van der Waals surface area contributed by atoms with Gasteiger partial charge in [0.25, 0.3) is 0 Å². The number of hydrogen-bond acceptors (Lipinski definition) is 7. The molecular formula is C21H34N4O4. The molecule has 1 aromatic rings. The molecule has 2 fully saturated rings. The Morgan fingerprint density at radius 2 is 2.10 bits per heavy atom. The fraction of sp³-hybridized carbons (Fsp3) is 0.762. The monoisotopic (exact) mass is 406 g/mol. The molecule has 4 atom stereocenters. The molecule has 1 aromatic heterocycles. The first kappa shape index (κ1) is 22.1. The molecule has 0 unspecified atom stereocenters. The Morgan fingerprint density at radius 1 is 1.34 bits per heavy atom. The maximum atomic E-state index is 11.5. The zero-order valence-corrected chi connectivity index (χ0v) is 17.5. The van der Waals surface area contributed by atoms with E-state index in [9.17, 15) is 15.0 Å². The van der Waals surface area contributed by atoms with E-state index in [0.717, 1.165) is 37.4 Å². The fourth-order valence-corrected chi connectivity index (χ4v) is 4.71. The van der Waals surface area contributed by atoms with E-state index in [2.05, 4.69) is 15.3 Å². The topological polar surface area (TPSA) is 108 Å². The van der Waals surface area contributed by atoms with Gasteiger partial charge < -0.3 is 25.2 Å². The lowest BCUT2D eigenvalue weighted by Gasteiger charge is -2.35. The van der Waals surface area contributed by atoms with Crippen molar-refractivity contribution in [2.75, 3.05) is 33.4 Å². The van der Waals surface area contributed by atoms with E-state index in [-0.39, 0.29) is 30.4 Å². The third kappa shape index (κ3) is 5.72. The van der Waals surface area contributed by atoms with Crippen LogP contribution < -0.4 is 5.32 Å². The number of aliphatic hydroxyl groups excluding tert-OH is 2. The summed E-state index contributed by atoms with van der Waals surface area (Å²) in [5.41, 5.74) is 0.932. The van der Waals surface area contributed by atoms with Gasteiger partial charge in [-0.3, -0.25) is 4.79 Å². The van der Waals surface area contributed by atoms with Crippen molar-refractivity contribution in [1.82, 2.24) is 20.2 Å². The maximum absolute atomic E-state index is 11.5. The van der Waals surface area contributed by atoms with Gasteiger partial charge in [-0.1, -0.05) is 0 Å². The van der Waals surface area contributed by atoms with E-state index >= 15 is 0 Å². The molecular weight excluding hydrogens is 372 g/mol. The van der Waals surface area contributed by atoms with Crippen LogP contribution >= 0.6 is 0 Å². The highest BCUT2D eigenvalue weighted by Gasteiger charge is 2.43. The van der Waals surface area contributed by atoms with Crippen molar-refractivity contribution in [3.05, 3.63) is 23.8 Å². The van der Waals surface area contributed by atoms with Gasteiger partial charge in [-0.15, -0.1) is 0 Å². The molecule has 8 nitrogen and oxygen atoms in total. The average molecular weight is 407 g/mol. The van der Waals surface area contributed by atoms with E-state index in [1.54, 1.807) is 20.2 Å². The van der Waals surface area contributed by atoms with Gasteiger partial charge in [-0.25, -0.2) is 9.97 Å². The third-order valence-corrected chi connectivity index (χ3v) is 6.40. The molecule has 3 N–H and O–H groups in total. The van der Waals surface area contributed by atoms with Gasteiger partial charge in [0.05, 0.1) is 12.7 Å². The summed E-state index contributed by atoms with van der Waals surface area (Å²) in [6, 6.07) is 2.36. The van der Waals surface area contributed by atoms with E-state index in [4.69, 9.17) is 4.74 Å². The van der Waals surface area contributed by atoms with Crippen molar-refractivity contribution in [3.8, 4) is 0 Å². The van der Waals surface area contributed by atoms with Gasteiger partial charge in [-0.2, -0.15) is 0 Å². The summed E-state index contributed by atoms with van der Waals surface area (Å²) in [5, 5.41) is 24.1. The molecule has 1 saturated carbocycles. The number of aromatic nitrogens is 2. The normalized spacial score (nSPS) is 28.1. The Balaban J connectivity index is 1.65. The van der Waals surface area contributed by atoms with Gasteiger partial charge in [-0.05, 0) is 37.7 Å². The number of hydrogen-bond donors (Lipinski definition) is 3. The van der Waals surface area contributed by atoms with E-state index < -0.39 is 6.10 Å². The number of aliphatic hydroxyl groups is 2. The van der Waals surface area contributed by atoms with Crippen LogP contribution in [0.25, 0.3) is 0 Å². The number of likely N-dealkylation sites (tertiary alicyclic amines) is 1. The number of amides is 1. The van der Waals surface area contributed by atoms with Crippen molar-refractivity contribution in [3.63, 3.8) is 0 Å². The largest absolute Gasteiger partial charge is 0.396 e. The highest BCUT2D eigenvalue weighted by atomic mass is 16.5. The van der Waals surface area contributed by atoms with Crippen LogP contribution in [0.15, 0.2) is 12.3 Å². The number of piperidine rings is 1. The minimum Gasteiger partial charge on any atom is -0.396 e. The Bertz CT molecular complexity index is 666. The molecule has 1 aliphatic heterocycles. The van der Waals surface area contributed by atoms with Crippen LogP contribution in [0, 0.1) is 11.8 Å². The minimum atomic E-state index is -0.519. The second kappa shape index (κ2) is 10.4. The van der Waals surface area contributed by atoms with Gasteiger partial charge in [0.2, 0.25) is 5.91 Å². The molecule has 2 aliphatic rings. The molecule has 1 amide bonds. The standard InChI is InChI=1S/C21H34N4O4/c1-14(27)25-8-4-15(5-9-25)23-19-12-20(28)18(13-26)17(19)11-16-3-7-22-21(24-16)6-10-29-2/h3,7,15,17-20,23,26,28H,4-6,8-13H2,1-2H3/t17-,18-,19-,20-/m1/s1. The van der Waals surface area contributed by atoms with Crippen molar-refractivity contribution in [2.24, 2.45) is 11.8 Å². The van der Waals surface area contributed by atoms with Gasteiger partial charge in [0, 0.05) is 70.0 Å². The van der Waals surface area contributed by atoms with Crippen molar-refractivity contribution in [1.29, 1.82) is 0 Å². The van der Waals surface area contributed by atoms with E-state index in [1.807, 2.05) is 11.0 Å². The van der Waals surface area contributed by atoms with Gasteiger partial charge in [0.1, 0.15) is 5.82 Å². The smallest absolute Gasteiger partial charge is 0.219 e. The number of nitrogens with zero attached hydrogens (tertiary/aromatic N) is 3. The van der Waals surface area contributed by atoms with E-state index in [0.29, 0.717) is 31.9 Å². The van der Waals surface area contributed by atoms with Crippen LogP contribution in [0.5, 0.6) is 0 Å². The summed E-state index contributed by atoms with van der Waals surface area (Å²) in [6.45, 7) is 3.70. The molecule has 3 rings (SSSR count). The highest BCUT2D eigenvalue weighted by Crippen LogP contribution is 2.35. The molecule has 1 saturated heterocycles. The Labute approximate surface area is 172 Å². The van der Waals surface area contributed by atoms with Crippen LogP contribution in [0.2, 0.25) is 0 Å². The first-order valence-corrected chi connectivity index (χ1v) is 10.6. The molecule has 162 valence electrons. The number of carbonyl (C=O) groups excluding carboxylic acids is 1. The number of nitrogens with one attached hydrogen (secondary N) is 1. The zero-order chi connectivity index (χ0) is 20.8. The number of rotatable bonds is 8. The number of carbonyl (C=O) groups is 1. The molecule has 0 bridgehead atoms. The first-order chi connectivity index (χ1) is 14.0. The third-order valence-electron chi connectivity index (χ3n) is 6.40. The van der Waals surface area contributed by atoms with Crippen molar-refractivity contribution < 1.29 is 19.7 Å². The lowest BCUT2D eigenvalue weighted by atomic mass is 9.88. The Hall–Kier alpha value is -1.61. The molecule has 0 radical (unpaired) electrons. The molecule has 8 heteroatoms. The SMILES string of the molecule is COCCc1nccc(C[C@@H]2[C@@H](CO)[C@H](O)C[C@H]2NC2CCN(C(C)=O)CC2)n1. The predicted molar refractivity (Wildman–Crippen MR) is 108 cm³/mol. The average Bonchev–Trinajstić information content (AvgIpc) is 3.01. The van der Waals surface area contributed by atoms with Crippen molar-refractivity contribution >= 4 is 5.91 Å². The maximum Gasteiger partial charge on any atom is 0.219 e. The summed E-state index contributed by atoms with van der Waals surface area (Å²) in [6.07, 6.45) is 5.06. The highest BCUT2D eigenvalue weighted by molar-refractivity contribution is 5.73. The predicted octanol–water partition coefficient (Wildman–Crippen LogP) is 0.166. The summed E-state index contributed by atoms with van der Waals surface area (Å²) in [7, 11) is 1.66. The Morgan fingerprint density at radius 3 is 2.76 bits per heavy atom. The van der Waals surface area contributed by atoms with Gasteiger partial charge >= 0.3 is 0 Å². The number of ether oxygens (including phenoxy) is 1. The molecule has 2 heterocycles. The zero-order valence-electron chi connectivity index (χ0n) is 17.5. The molecule has 1 aliphatic carbocycles. The quantitative estimate of drug-likeness (QED) is 0.565. The summed E-state index contributed by atoms with van der Waals surface area (Å²) in [4.78, 5) is 22.4. The number of methoxy groups -OCH3 is 1. The minimum absolute atomic E-state index is 0.0333. The fourth-order valence-electron chi connectivity index (χ4n) is 4.71. The molecule has 29 heavy (non-hydrogen) atoms. The summed E-state index contributed by atoms with van der Waals surface area (Å²) >= 11 is 0. The summed E-state index contributed by atoms with van der Waals surface area (Å²) < 4.78 is 5.11. The van der Waals surface area contributed by atoms with E-state index in [1.165, 1.54) is 0 Å². The molecule has 0 aromatic carbocycles. The van der Waals surface area contributed by atoms with Crippen LogP contribution in [0.4, 0.5) is 0 Å². The second-order valence-corrected chi connectivity index (χ2v) is 8.28. The van der Waals surface area contributed by atoms with Crippen LogP contribution in [-0.4, -0.2) is 82.6 Å². The van der Waals surface area contributed by atoms with Crippen LogP contribution in [-0.2, 0) is 22.4 Å². The Kier molecular flexibility index (Phi) is 7.94. The van der Waals surface area contributed by atoms with Crippen molar-refractivity contribution in [2.45, 2.75) is 57.2 Å². The first-order valence-electron chi connectivity index (χ1n) is 10.6. The molecule has 0 spiro atoms. The van der Waals surface area contributed by atoms with Gasteiger partial charge in [0.15, 0.2) is 0 Å². The van der Waals surface area contributed by atoms with Crippen LogP contribution in [0.3, 0.4) is 0 Å². The second-order valence-electron chi connectivity index (χ2n) is 8.28.